The minimum Gasteiger partial charge on any atom is -0.399 e. The fourth-order valence-electron chi connectivity index (χ4n) is 2.75. The van der Waals surface area contributed by atoms with E-state index in [1.807, 2.05) is 45.9 Å². The summed E-state index contributed by atoms with van der Waals surface area (Å²) in [5, 5.41) is 1.29. The maximum Gasteiger partial charge on any atom is 0.495 e. The van der Waals surface area contributed by atoms with Crippen molar-refractivity contribution in [3.8, 4) is 0 Å². The Kier molecular flexibility index (Phi) is 3.53. The minimum absolute atomic E-state index is 0.0165. The average Bonchev–Trinajstić information content (AvgIpc) is 2.66. The first-order chi connectivity index (χ1) is 10.2. The fourth-order valence-corrected chi connectivity index (χ4v) is 2.75. The molecule has 1 aliphatic heterocycles. The zero-order valence-electron chi connectivity index (χ0n) is 13.2. The van der Waals surface area contributed by atoms with E-state index in [1.165, 1.54) is 6.07 Å². The van der Waals surface area contributed by atoms with Crippen LogP contribution in [-0.4, -0.2) is 18.3 Å². The van der Waals surface area contributed by atoms with Gasteiger partial charge in [-0.3, -0.25) is 0 Å². The SMILES string of the molecule is CC1(C)OB(c2cccc3cccc(C(F)F)c23)OC1(C)C. The highest BCUT2D eigenvalue weighted by molar-refractivity contribution is 6.65. The van der Waals surface area contributed by atoms with E-state index < -0.39 is 24.7 Å². The van der Waals surface area contributed by atoms with Gasteiger partial charge < -0.3 is 9.31 Å². The quantitative estimate of drug-likeness (QED) is 0.778. The Labute approximate surface area is 129 Å². The molecule has 0 aliphatic carbocycles. The van der Waals surface area contributed by atoms with Crippen LogP contribution in [-0.2, 0) is 9.31 Å². The first-order valence-corrected chi connectivity index (χ1v) is 7.38. The van der Waals surface area contributed by atoms with Crippen molar-refractivity contribution in [3.63, 3.8) is 0 Å². The molecule has 1 aliphatic rings. The number of halogens is 2. The van der Waals surface area contributed by atoms with Crippen LogP contribution in [0.2, 0.25) is 0 Å². The van der Waals surface area contributed by atoms with Crippen molar-refractivity contribution < 1.29 is 18.1 Å². The monoisotopic (exact) mass is 304 g/mol. The topological polar surface area (TPSA) is 18.5 Å². The average molecular weight is 304 g/mol. The van der Waals surface area contributed by atoms with E-state index in [9.17, 15) is 8.78 Å². The molecule has 116 valence electrons. The number of hydrogen-bond donors (Lipinski definition) is 0. The first kappa shape index (κ1) is 15.4. The molecule has 1 saturated heterocycles. The highest BCUT2D eigenvalue weighted by Gasteiger charge is 2.52. The molecule has 0 spiro atoms. The highest BCUT2D eigenvalue weighted by Crippen LogP contribution is 2.37. The van der Waals surface area contributed by atoms with Crippen LogP contribution >= 0.6 is 0 Å². The third-order valence-electron chi connectivity index (χ3n) is 4.71. The summed E-state index contributed by atoms with van der Waals surface area (Å²) in [5.74, 6) is 0. The minimum atomic E-state index is -2.53. The lowest BCUT2D eigenvalue weighted by molar-refractivity contribution is 0.00578. The van der Waals surface area contributed by atoms with Gasteiger partial charge in [-0.2, -0.15) is 0 Å². The van der Waals surface area contributed by atoms with Crippen molar-refractivity contribution in [2.75, 3.05) is 0 Å². The van der Waals surface area contributed by atoms with Crippen LogP contribution in [0.5, 0.6) is 0 Å². The van der Waals surface area contributed by atoms with Crippen molar-refractivity contribution in [2.24, 2.45) is 0 Å². The van der Waals surface area contributed by atoms with Crippen LogP contribution < -0.4 is 5.46 Å². The van der Waals surface area contributed by atoms with Crippen LogP contribution in [0.4, 0.5) is 8.78 Å². The summed E-state index contributed by atoms with van der Waals surface area (Å²) in [7, 11) is -0.645. The zero-order valence-corrected chi connectivity index (χ0v) is 13.2. The van der Waals surface area contributed by atoms with Crippen molar-refractivity contribution in [3.05, 3.63) is 42.0 Å². The standard InChI is InChI=1S/C17H19BF2O2/c1-16(2)17(3,4)22-18(21-16)13-10-6-8-11-7-5-9-12(14(11)13)15(19)20/h5-10,15H,1-4H3. The first-order valence-electron chi connectivity index (χ1n) is 7.38. The van der Waals surface area contributed by atoms with Gasteiger partial charge in [-0.05, 0) is 43.9 Å². The molecule has 5 heteroatoms. The lowest BCUT2D eigenvalue weighted by Crippen LogP contribution is -2.41. The van der Waals surface area contributed by atoms with Gasteiger partial charge in [0.15, 0.2) is 0 Å². The van der Waals surface area contributed by atoms with Crippen LogP contribution in [0.3, 0.4) is 0 Å². The van der Waals surface area contributed by atoms with Crippen LogP contribution in [0.1, 0.15) is 39.7 Å². The zero-order chi connectivity index (χ0) is 16.1. The molecule has 2 aromatic rings. The van der Waals surface area contributed by atoms with Gasteiger partial charge in [-0.25, -0.2) is 8.78 Å². The summed E-state index contributed by atoms with van der Waals surface area (Å²) in [5.41, 5.74) is -0.325. The molecule has 0 amide bonds. The third kappa shape index (κ3) is 2.33. The molecule has 0 saturated carbocycles. The molecule has 22 heavy (non-hydrogen) atoms. The van der Waals surface area contributed by atoms with E-state index in [-0.39, 0.29) is 5.56 Å². The van der Waals surface area contributed by atoms with Gasteiger partial charge in [0.1, 0.15) is 0 Å². The molecule has 2 aromatic carbocycles. The van der Waals surface area contributed by atoms with E-state index in [4.69, 9.17) is 9.31 Å². The molecule has 3 rings (SSSR count). The second-order valence-electron chi connectivity index (χ2n) is 6.68. The van der Waals surface area contributed by atoms with Crippen molar-refractivity contribution >= 4 is 23.4 Å². The lowest BCUT2D eigenvalue weighted by Gasteiger charge is -2.32. The van der Waals surface area contributed by atoms with E-state index in [2.05, 4.69) is 0 Å². The Morgan fingerprint density at radius 3 is 2.00 bits per heavy atom. The molecule has 0 unspecified atom stereocenters. The van der Waals surface area contributed by atoms with E-state index in [0.717, 1.165) is 5.39 Å². The second kappa shape index (κ2) is 5.03. The summed E-state index contributed by atoms with van der Waals surface area (Å²) in [6, 6.07) is 10.4. The predicted octanol–water partition coefficient (Wildman–Crippen LogP) is 4.08. The molecule has 0 atom stereocenters. The van der Waals surface area contributed by atoms with E-state index in [1.54, 1.807) is 12.1 Å². The van der Waals surface area contributed by atoms with Crippen LogP contribution in [0.25, 0.3) is 10.8 Å². The summed E-state index contributed by atoms with van der Waals surface area (Å²) >= 11 is 0. The van der Waals surface area contributed by atoms with Crippen LogP contribution in [0, 0.1) is 0 Å². The van der Waals surface area contributed by atoms with Gasteiger partial charge in [-0.1, -0.05) is 36.4 Å². The largest absolute Gasteiger partial charge is 0.495 e. The Bertz CT molecular complexity index is 692. The smallest absolute Gasteiger partial charge is 0.399 e. The molecule has 1 heterocycles. The third-order valence-corrected chi connectivity index (χ3v) is 4.71. The Balaban J connectivity index is 2.17. The maximum atomic E-state index is 13.4. The molecule has 0 radical (unpaired) electrons. The van der Waals surface area contributed by atoms with Gasteiger partial charge in [0.05, 0.1) is 11.2 Å². The fraction of sp³-hybridized carbons (Fsp3) is 0.412. The van der Waals surface area contributed by atoms with E-state index in [0.29, 0.717) is 10.8 Å². The molecule has 2 nitrogen and oxygen atoms in total. The number of fused-ring (bicyclic) bond motifs is 1. The van der Waals surface area contributed by atoms with Gasteiger partial charge in [0, 0.05) is 5.56 Å². The van der Waals surface area contributed by atoms with Gasteiger partial charge >= 0.3 is 7.12 Å². The lowest BCUT2D eigenvalue weighted by atomic mass is 9.75. The Hall–Kier alpha value is -1.46. The number of alkyl halides is 2. The molecule has 0 bridgehead atoms. The highest BCUT2D eigenvalue weighted by atomic mass is 19.3. The number of rotatable bonds is 2. The molecular weight excluding hydrogens is 285 g/mol. The summed E-state index contributed by atoms with van der Waals surface area (Å²) in [4.78, 5) is 0. The van der Waals surface area contributed by atoms with Crippen LogP contribution in [0.15, 0.2) is 36.4 Å². The summed E-state index contributed by atoms with van der Waals surface area (Å²) in [6.07, 6.45) is -2.53. The van der Waals surface area contributed by atoms with Crippen molar-refractivity contribution in [2.45, 2.75) is 45.3 Å². The van der Waals surface area contributed by atoms with Crippen molar-refractivity contribution in [1.29, 1.82) is 0 Å². The summed E-state index contributed by atoms with van der Waals surface area (Å²) in [6.45, 7) is 7.80. The maximum absolute atomic E-state index is 13.4. The van der Waals surface area contributed by atoms with Gasteiger partial charge in [-0.15, -0.1) is 0 Å². The molecule has 1 fully saturated rings. The molecule has 0 N–H and O–H groups in total. The van der Waals surface area contributed by atoms with Gasteiger partial charge in [0.25, 0.3) is 6.43 Å². The molecule has 0 aromatic heterocycles. The predicted molar refractivity (Wildman–Crippen MR) is 84.6 cm³/mol. The number of benzene rings is 2. The van der Waals surface area contributed by atoms with Gasteiger partial charge in [0.2, 0.25) is 0 Å². The molecular formula is C17H19BF2O2. The summed E-state index contributed by atoms with van der Waals surface area (Å²) < 4.78 is 38.8. The van der Waals surface area contributed by atoms with Crippen molar-refractivity contribution in [1.82, 2.24) is 0 Å². The second-order valence-corrected chi connectivity index (χ2v) is 6.68. The normalized spacial score (nSPS) is 20.0. The van der Waals surface area contributed by atoms with E-state index >= 15 is 0 Å². The Morgan fingerprint density at radius 2 is 1.45 bits per heavy atom. The Morgan fingerprint density at radius 1 is 0.909 bits per heavy atom. The number of hydrogen-bond acceptors (Lipinski definition) is 2.